The third-order valence-corrected chi connectivity index (χ3v) is 4.76. The predicted octanol–water partition coefficient (Wildman–Crippen LogP) is 4.00. The molecule has 0 amide bonds. The van der Waals surface area contributed by atoms with Crippen molar-refractivity contribution in [2.45, 2.75) is 9.79 Å². The minimum Gasteiger partial charge on any atom is -0.507 e. The molecule has 0 spiro atoms. The molecule has 0 aromatic heterocycles. The van der Waals surface area contributed by atoms with Gasteiger partial charge in [0.1, 0.15) is 11.5 Å². The second-order valence-electron chi connectivity index (χ2n) is 4.24. The average molecular weight is 322 g/mol. The zero-order chi connectivity index (χ0) is 14.9. The molecule has 0 heterocycles. The Hall–Kier alpha value is -1.30. The van der Waals surface area contributed by atoms with E-state index in [1.807, 2.05) is 36.4 Å². The molecule has 2 aromatic carbocycles. The first-order valence-corrected chi connectivity index (χ1v) is 8.64. The Balaban J connectivity index is 1.57. The van der Waals surface area contributed by atoms with Crippen LogP contribution in [0, 0.1) is 0 Å². The largest absolute Gasteiger partial charge is 0.507 e. The number of hydrogen-bond acceptors (Lipinski definition) is 5. The van der Waals surface area contributed by atoms with Crippen molar-refractivity contribution in [3.05, 3.63) is 48.5 Å². The van der Waals surface area contributed by atoms with Crippen molar-refractivity contribution in [1.82, 2.24) is 0 Å². The number of rotatable bonds is 8. The van der Waals surface area contributed by atoms with Gasteiger partial charge >= 0.3 is 0 Å². The Morgan fingerprint density at radius 2 is 1.14 bits per heavy atom. The Morgan fingerprint density at radius 3 is 1.57 bits per heavy atom. The topological polar surface area (TPSA) is 49.7 Å². The highest BCUT2D eigenvalue weighted by Crippen LogP contribution is 2.28. The molecule has 0 fully saturated rings. The van der Waals surface area contributed by atoms with Crippen LogP contribution in [0.25, 0.3) is 0 Å². The first-order chi connectivity index (χ1) is 10.3. The van der Waals surface area contributed by atoms with E-state index >= 15 is 0 Å². The minimum absolute atomic E-state index is 0.317. The smallest absolute Gasteiger partial charge is 0.129 e. The highest BCUT2D eigenvalue weighted by molar-refractivity contribution is 7.99. The Bertz CT molecular complexity index is 511. The lowest BCUT2D eigenvalue weighted by Gasteiger charge is -2.06. The van der Waals surface area contributed by atoms with Gasteiger partial charge in [0.15, 0.2) is 0 Å². The fourth-order valence-corrected chi connectivity index (χ4v) is 3.31. The third-order valence-electron chi connectivity index (χ3n) is 2.70. The first-order valence-electron chi connectivity index (χ1n) is 6.66. The summed E-state index contributed by atoms with van der Waals surface area (Å²) in [6, 6.07) is 14.6. The molecule has 0 atom stereocenters. The highest BCUT2D eigenvalue weighted by atomic mass is 32.2. The van der Waals surface area contributed by atoms with E-state index in [-0.39, 0.29) is 0 Å². The van der Waals surface area contributed by atoms with Gasteiger partial charge in [-0.2, -0.15) is 0 Å². The van der Waals surface area contributed by atoms with E-state index in [0.717, 1.165) is 21.3 Å². The molecule has 0 radical (unpaired) electrons. The van der Waals surface area contributed by atoms with Crippen molar-refractivity contribution in [2.24, 2.45) is 0 Å². The Kier molecular flexibility index (Phi) is 6.79. The molecule has 0 aliphatic carbocycles. The van der Waals surface area contributed by atoms with Crippen molar-refractivity contribution in [3.63, 3.8) is 0 Å². The second kappa shape index (κ2) is 8.87. The molecular weight excluding hydrogens is 304 g/mol. The zero-order valence-corrected chi connectivity index (χ0v) is 13.2. The molecule has 21 heavy (non-hydrogen) atoms. The molecule has 0 saturated heterocycles. The van der Waals surface area contributed by atoms with E-state index in [4.69, 9.17) is 4.74 Å². The maximum Gasteiger partial charge on any atom is 0.129 e. The monoisotopic (exact) mass is 322 g/mol. The van der Waals surface area contributed by atoms with E-state index in [1.165, 1.54) is 0 Å². The van der Waals surface area contributed by atoms with Gasteiger partial charge in [-0.1, -0.05) is 24.3 Å². The van der Waals surface area contributed by atoms with Crippen molar-refractivity contribution in [2.75, 3.05) is 24.7 Å². The van der Waals surface area contributed by atoms with Crippen LogP contribution in [-0.2, 0) is 4.74 Å². The average Bonchev–Trinajstić information content (AvgIpc) is 2.50. The van der Waals surface area contributed by atoms with Gasteiger partial charge in [0, 0.05) is 21.3 Å². The summed E-state index contributed by atoms with van der Waals surface area (Å²) in [4.78, 5) is 1.76. The number of para-hydroxylation sites is 2. The van der Waals surface area contributed by atoms with Gasteiger partial charge in [0.05, 0.1) is 13.2 Å². The van der Waals surface area contributed by atoms with Crippen LogP contribution in [0.5, 0.6) is 11.5 Å². The standard InChI is InChI=1S/C16H18O3S2/c17-13-5-1-3-7-15(13)20-11-9-19-10-12-21-16-8-4-2-6-14(16)18/h1-8,17-18H,9-12H2. The molecule has 0 aliphatic heterocycles. The van der Waals surface area contributed by atoms with Gasteiger partial charge in [-0.3, -0.25) is 0 Å². The van der Waals surface area contributed by atoms with Gasteiger partial charge in [0.25, 0.3) is 0 Å². The maximum absolute atomic E-state index is 9.61. The van der Waals surface area contributed by atoms with Crippen LogP contribution in [0.15, 0.2) is 58.3 Å². The summed E-state index contributed by atoms with van der Waals surface area (Å²) >= 11 is 3.16. The molecule has 2 N–H and O–H groups in total. The summed E-state index contributed by atoms with van der Waals surface area (Å²) in [5.74, 6) is 2.24. The molecule has 3 nitrogen and oxygen atoms in total. The molecule has 0 aliphatic rings. The Labute approximate surface area is 133 Å². The number of hydrogen-bond donors (Lipinski definition) is 2. The van der Waals surface area contributed by atoms with Gasteiger partial charge in [0.2, 0.25) is 0 Å². The lowest BCUT2D eigenvalue weighted by Crippen LogP contribution is -2.01. The normalized spacial score (nSPS) is 10.7. The second-order valence-corrected chi connectivity index (χ2v) is 6.52. The molecular formula is C16H18O3S2. The quantitative estimate of drug-likeness (QED) is 0.568. The number of ether oxygens (including phenoxy) is 1. The van der Waals surface area contributed by atoms with Crippen molar-refractivity contribution in [1.29, 1.82) is 0 Å². The van der Waals surface area contributed by atoms with Crippen LogP contribution in [0.2, 0.25) is 0 Å². The lowest BCUT2D eigenvalue weighted by molar-refractivity contribution is 0.167. The SMILES string of the molecule is Oc1ccccc1SCCOCCSc1ccccc1O. The summed E-state index contributed by atoms with van der Waals surface area (Å²) in [5.41, 5.74) is 0. The fraction of sp³-hybridized carbons (Fsp3) is 0.250. The van der Waals surface area contributed by atoms with E-state index in [0.29, 0.717) is 24.7 Å². The van der Waals surface area contributed by atoms with Crippen molar-refractivity contribution in [3.8, 4) is 11.5 Å². The molecule has 0 saturated carbocycles. The van der Waals surface area contributed by atoms with Gasteiger partial charge in [-0.05, 0) is 24.3 Å². The summed E-state index contributed by atoms with van der Waals surface area (Å²) in [6.07, 6.45) is 0. The summed E-state index contributed by atoms with van der Waals surface area (Å²) in [6.45, 7) is 1.28. The predicted molar refractivity (Wildman–Crippen MR) is 88.5 cm³/mol. The van der Waals surface area contributed by atoms with Gasteiger partial charge < -0.3 is 14.9 Å². The molecule has 112 valence electrons. The summed E-state index contributed by atoms with van der Waals surface area (Å²) in [7, 11) is 0. The molecule has 0 unspecified atom stereocenters. The highest BCUT2D eigenvalue weighted by Gasteiger charge is 2.01. The number of phenolic OH excluding ortho intramolecular Hbond substituents is 2. The third kappa shape index (κ3) is 5.53. The van der Waals surface area contributed by atoms with Crippen LogP contribution >= 0.6 is 23.5 Å². The molecule has 0 bridgehead atoms. The number of aromatic hydroxyl groups is 2. The van der Waals surface area contributed by atoms with Crippen LogP contribution in [-0.4, -0.2) is 34.9 Å². The summed E-state index contributed by atoms with van der Waals surface area (Å²) in [5, 5.41) is 19.2. The Morgan fingerprint density at radius 1 is 0.714 bits per heavy atom. The van der Waals surface area contributed by atoms with E-state index in [1.54, 1.807) is 35.7 Å². The number of benzene rings is 2. The van der Waals surface area contributed by atoms with Crippen LogP contribution in [0.1, 0.15) is 0 Å². The van der Waals surface area contributed by atoms with Crippen LogP contribution in [0.4, 0.5) is 0 Å². The fourth-order valence-electron chi connectivity index (χ4n) is 1.68. The lowest BCUT2D eigenvalue weighted by atomic mass is 10.3. The van der Waals surface area contributed by atoms with E-state index < -0.39 is 0 Å². The van der Waals surface area contributed by atoms with Crippen LogP contribution in [0.3, 0.4) is 0 Å². The van der Waals surface area contributed by atoms with Crippen molar-refractivity contribution >= 4 is 23.5 Å². The van der Waals surface area contributed by atoms with Crippen molar-refractivity contribution < 1.29 is 14.9 Å². The number of phenols is 2. The van der Waals surface area contributed by atoms with E-state index in [9.17, 15) is 10.2 Å². The van der Waals surface area contributed by atoms with Gasteiger partial charge in [-0.25, -0.2) is 0 Å². The van der Waals surface area contributed by atoms with E-state index in [2.05, 4.69) is 0 Å². The number of thioether (sulfide) groups is 2. The molecule has 2 aromatic rings. The summed E-state index contributed by atoms with van der Waals surface area (Å²) < 4.78 is 5.55. The molecule has 5 heteroatoms. The zero-order valence-electron chi connectivity index (χ0n) is 11.6. The van der Waals surface area contributed by atoms with Gasteiger partial charge in [-0.15, -0.1) is 23.5 Å². The maximum atomic E-state index is 9.61. The minimum atomic E-state index is 0.317. The first kappa shape index (κ1) is 16.1. The molecule has 2 rings (SSSR count). The van der Waals surface area contributed by atoms with Crippen LogP contribution < -0.4 is 0 Å².